The maximum atomic E-state index is 3.26. The van der Waals surface area contributed by atoms with Gasteiger partial charge in [-0.2, -0.15) is 0 Å². The summed E-state index contributed by atoms with van der Waals surface area (Å²) in [6.45, 7) is 9.42. The molecule has 2 heteroatoms. The molecule has 0 heterocycles. The van der Waals surface area contributed by atoms with Crippen molar-refractivity contribution in [2.45, 2.75) is 84.0 Å². The lowest BCUT2D eigenvalue weighted by Crippen LogP contribution is -2.25. The van der Waals surface area contributed by atoms with Crippen molar-refractivity contribution in [1.82, 2.24) is 0 Å². The smallest absolute Gasteiger partial charge is 0.00467 e. The van der Waals surface area contributed by atoms with Gasteiger partial charge in [-0.3, -0.25) is 0 Å². The summed E-state index contributed by atoms with van der Waals surface area (Å²) in [7, 11) is 4.41. The second-order valence-corrected chi connectivity index (χ2v) is 8.86. The molecule has 0 aliphatic heterocycles. The summed E-state index contributed by atoms with van der Waals surface area (Å²) in [5, 5.41) is 0. The van der Waals surface area contributed by atoms with Gasteiger partial charge in [-0.05, 0) is 31.3 Å². The van der Waals surface area contributed by atoms with Crippen LogP contribution in [0, 0.1) is 5.92 Å². The van der Waals surface area contributed by atoms with Crippen LogP contribution in [0.2, 0.25) is 0 Å². The van der Waals surface area contributed by atoms with Crippen LogP contribution in [-0.4, -0.2) is 11.1 Å². The lowest BCUT2D eigenvalue weighted by molar-refractivity contribution is 0.431. The lowest BCUT2D eigenvalue weighted by atomic mass is 9.96. The van der Waals surface area contributed by atoms with Gasteiger partial charge in [0, 0.05) is 4.90 Å². The third kappa shape index (κ3) is 7.79. The van der Waals surface area contributed by atoms with Gasteiger partial charge in [0.15, 0.2) is 0 Å². The molecule has 0 rings (SSSR count). The van der Waals surface area contributed by atoms with E-state index in [2.05, 4.69) is 36.9 Å². The summed E-state index contributed by atoms with van der Waals surface area (Å²) >= 11 is 0. The van der Waals surface area contributed by atoms with Crippen molar-refractivity contribution < 1.29 is 0 Å². The second-order valence-electron chi connectivity index (χ2n) is 5.47. The third-order valence-corrected chi connectivity index (χ3v) is 7.27. The number of unbranched alkanes of at least 4 members (excludes halogenated alkanes) is 3. The summed E-state index contributed by atoms with van der Waals surface area (Å²) in [6.07, 6.45) is 12.5. The van der Waals surface area contributed by atoms with Gasteiger partial charge < -0.3 is 0 Å². The van der Waals surface area contributed by atoms with Crippen LogP contribution in [-0.2, 0) is 0 Å². The zero-order valence-corrected chi connectivity index (χ0v) is 14.7. The third-order valence-electron chi connectivity index (χ3n) is 3.80. The van der Waals surface area contributed by atoms with Gasteiger partial charge in [0.1, 0.15) is 0 Å². The van der Waals surface area contributed by atoms with E-state index in [0.29, 0.717) is 4.90 Å². The minimum atomic E-state index is 0.556. The maximum absolute atomic E-state index is 3.26. The second kappa shape index (κ2) is 10.8. The van der Waals surface area contributed by atoms with Crippen LogP contribution in [0.15, 0.2) is 0 Å². The van der Waals surface area contributed by atoms with Crippen molar-refractivity contribution in [1.29, 1.82) is 0 Å². The Hall–Kier alpha value is 0.860. The first-order valence-electron chi connectivity index (χ1n) is 7.64. The van der Waals surface area contributed by atoms with Crippen LogP contribution in [0.3, 0.4) is 0 Å². The average molecular weight is 276 g/mol. The minimum Gasteiger partial charge on any atom is -0.126 e. The molecule has 4 unspecified atom stereocenters. The van der Waals surface area contributed by atoms with Gasteiger partial charge in [0.05, 0.1) is 0 Å². The highest BCUT2D eigenvalue weighted by atomic mass is 31.1. The van der Waals surface area contributed by atoms with E-state index >= 15 is 0 Å². The van der Waals surface area contributed by atoms with E-state index in [0.717, 1.165) is 14.5 Å². The molecule has 0 N–H and O–H groups in total. The predicted molar refractivity (Wildman–Crippen MR) is 88.7 cm³/mol. The molecular weight excluding hydrogens is 242 g/mol. The predicted octanol–water partition coefficient (Wildman–Crippen LogP) is 6.05. The molecule has 0 bridgehead atoms. The number of rotatable bonds is 11. The summed E-state index contributed by atoms with van der Waals surface area (Å²) in [4.78, 5) is 0.556. The fourth-order valence-corrected chi connectivity index (χ4v) is 4.89. The summed E-state index contributed by atoms with van der Waals surface area (Å²) < 4.78 is 0. The van der Waals surface area contributed by atoms with Crippen molar-refractivity contribution >= 4 is 17.8 Å². The fraction of sp³-hybridized carbons (Fsp3) is 1.00. The summed E-state index contributed by atoms with van der Waals surface area (Å²) in [6, 6.07) is 0. The lowest BCUT2D eigenvalue weighted by Gasteiger charge is -2.36. The number of hydrogen-bond donors (Lipinski definition) is 0. The molecule has 0 nitrogen and oxygen atoms in total. The molecule has 0 aliphatic rings. The molecule has 0 fully saturated rings. The zero-order chi connectivity index (χ0) is 13.1. The van der Waals surface area contributed by atoms with E-state index in [9.17, 15) is 0 Å². The standard InChI is InChI=1S/C15H34P2/c1-5-8-11-14(4)15(16,12-9-6-2)17-13-10-7-3/h14,17H,5-13,16H2,1-4H3. The normalized spacial score (nSPS) is 17.5. The molecule has 0 aromatic carbocycles. The highest BCUT2D eigenvalue weighted by Gasteiger charge is 2.29. The highest BCUT2D eigenvalue weighted by molar-refractivity contribution is 7.52. The first-order chi connectivity index (χ1) is 8.10. The molecule has 17 heavy (non-hydrogen) atoms. The molecule has 0 radical (unpaired) electrons. The Balaban J connectivity index is 4.24. The molecule has 0 aliphatic carbocycles. The van der Waals surface area contributed by atoms with Crippen molar-refractivity contribution in [3.05, 3.63) is 0 Å². The van der Waals surface area contributed by atoms with Crippen LogP contribution < -0.4 is 0 Å². The van der Waals surface area contributed by atoms with Gasteiger partial charge in [0.2, 0.25) is 0 Å². The van der Waals surface area contributed by atoms with Gasteiger partial charge in [-0.15, -0.1) is 17.8 Å². The minimum absolute atomic E-state index is 0.556. The molecule has 0 saturated carbocycles. The first kappa shape index (κ1) is 17.9. The Kier molecular flexibility index (Phi) is 11.3. The van der Waals surface area contributed by atoms with Crippen molar-refractivity contribution in [2.75, 3.05) is 6.16 Å². The van der Waals surface area contributed by atoms with Crippen molar-refractivity contribution in [3.63, 3.8) is 0 Å². The van der Waals surface area contributed by atoms with E-state index in [1.807, 2.05) is 0 Å². The first-order valence-corrected chi connectivity index (χ1v) is 9.43. The van der Waals surface area contributed by atoms with Crippen molar-refractivity contribution in [2.24, 2.45) is 5.92 Å². The van der Waals surface area contributed by atoms with Crippen molar-refractivity contribution in [3.8, 4) is 0 Å². The van der Waals surface area contributed by atoms with Gasteiger partial charge in [-0.1, -0.05) is 59.8 Å². The Bertz CT molecular complexity index is 170. The summed E-state index contributed by atoms with van der Waals surface area (Å²) in [5.41, 5.74) is 0. The maximum Gasteiger partial charge on any atom is 0.00467 e. The monoisotopic (exact) mass is 276 g/mol. The largest absolute Gasteiger partial charge is 0.126 e. The average Bonchev–Trinajstić information content (AvgIpc) is 2.33. The van der Waals surface area contributed by atoms with Gasteiger partial charge in [0.25, 0.3) is 0 Å². The Morgan fingerprint density at radius 1 is 1.00 bits per heavy atom. The molecule has 0 saturated heterocycles. The molecule has 4 atom stereocenters. The molecule has 0 aromatic heterocycles. The zero-order valence-electron chi connectivity index (χ0n) is 12.5. The van der Waals surface area contributed by atoms with Crippen LogP contribution in [0.4, 0.5) is 0 Å². The van der Waals surface area contributed by atoms with Gasteiger partial charge in [-0.25, -0.2) is 0 Å². The molecular formula is C15H34P2. The van der Waals surface area contributed by atoms with E-state index in [1.54, 1.807) is 0 Å². The quantitative estimate of drug-likeness (QED) is 0.318. The highest BCUT2D eigenvalue weighted by Crippen LogP contribution is 2.50. The van der Waals surface area contributed by atoms with E-state index in [4.69, 9.17) is 0 Å². The van der Waals surface area contributed by atoms with Crippen LogP contribution in [0.5, 0.6) is 0 Å². The Labute approximate surface area is 114 Å². The molecule has 104 valence electrons. The topological polar surface area (TPSA) is 0 Å². The Morgan fingerprint density at radius 2 is 1.59 bits per heavy atom. The van der Waals surface area contributed by atoms with Crippen LogP contribution in [0.25, 0.3) is 0 Å². The van der Waals surface area contributed by atoms with E-state index < -0.39 is 0 Å². The van der Waals surface area contributed by atoms with Crippen LogP contribution >= 0.6 is 17.8 Å². The molecule has 0 aromatic rings. The van der Waals surface area contributed by atoms with E-state index in [-0.39, 0.29) is 0 Å². The van der Waals surface area contributed by atoms with Crippen LogP contribution in [0.1, 0.15) is 79.1 Å². The molecule has 0 spiro atoms. The number of hydrogen-bond acceptors (Lipinski definition) is 0. The summed E-state index contributed by atoms with van der Waals surface area (Å²) in [5.74, 6) is 0.884. The SMILES string of the molecule is CCCCPC(P)(CCCC)C(C)CCCC. The molecule has 0 amide bonds. The fourth-order valence-electron chi connectivity index (χ4n) is 2.24. The Morgan fingerprint density at radius 3 is 2.12 bits per heavy atom. The van der Waals surface area contributed by atoms with Gasteiger partial charge >= 0.3 is 0 Å². The van der Waals surface area contributed by atoms with E-state index in [1.165, 1.54) is 57.5 Å².